The predicted octanol–water partition coefficient (Wildman–Crippen LogP) is 1.84. The Morgan fingerprint density at radius 2 is 1.56 bits per heavy atom. The van der Waals surface area contributed by atoms with E-state index >= 15 is 0 Å². The summed E-state index contributed by atoms with van der Waals surface area (Å²) in [5, 5.41) is 4.45. The van der Waals surface area contributed by atoms with Gasteiger partial charge in [-0.2, -0.15) is 26.3 Å². The van der Waals surface area contributed by atoms with Crippen LogP contribution in [0.5, 0.6) is 0 Å². The number of hydrogen-bond donors (Lipinski definition) is 2. The second kappa shape index (κ2) is 6.81. The molecule has 0 aliphatic carbocycles. The standard InChI is InChI=1S/C9H14F6N2O/c1-2-16-4-3-5-17-7(18)6(8(10,11)12)9(13,14)15/h6,16H,2-5H2,1H3,(H,17,18). The number of alkyl halides is 6. The molecule has 0 aromatic rings. The number of carbonyl (C=O) groups excluding carboxylic acids is 1. The molecule has 3 nitrogen and oxygen atoms in total. The lowest BCUT2D eigenvalue weighted by atomic mass is 10.1. The first-order valence-corrected chi connectivity index (χ1v) is 5.22. The number of nitrogens with one attached hydrogen (secondary N) is 2. The summed E-state index contributed by atoms with van der Waals surface area (Å²) in [7, 11) is 0. The number of halogens is 6. The highest BCUT2D eigenvalue weighted by atomic mass is 19.4. The van der Waals surface area contributed by atoms with Gasteiger partial charge in [0.1, 0.15) is 0 Å². The van der Waals surface area contributed by atoms with E-state index in [1.54, 1.807) is 12.2 Å². The van der Waals surface area contributed by atoms with Crippen molar-refractivity contribution in [1.82, 2.24) is 10.6 Å². The van der Waals surface area contributed by atoms with Gasteiger partial charge in [-0.15, -0.1) is 0 Å². The summed E-state index contributed by atoms with van der Waals surface area (Å²) in [6.45, 7) is 2.58. The highest BCUT2D eigenvalue weighted by molar-refractivity contribution is 5.80. The zero-order chi connectivity index (χ0) is 14.4. The smallest absolute Gasteiger partial charge is 0.355 e. The predicted molar refractivity (Wildman–Crippen MR) is 51.8 cm³/mol. The lowest BCUT2D eigenvalue weighted by Gasteiger charge is -2.22. The molecule has 0 fully saturated rings. The van der Waals surface area contributed by atoms with Gasteiger partial charge in [0.05, 0.1) is 0 Å². The zero-order valence-corrected chi connectivity index (χ0v) is 9.58. The number of amides is 1. The van der Waals surface area contributed by atoms with Crippen LogP contribution in [0.1, 0.15) is 13.3 Å². The molecule has 0 unspecified atom stereocenters. The first kappa shape index (κ1) is 17.0. The van der Waals surface area contributed by atoms with Gasteiger partial charge in [0, 0.05) is 6.54 Å². The molecule has 108 valence electrons. The minimum Gasteiger partial charge on any atom is -0.355 e. The van der Waals surface area contributed by atoms with E-state index in [0.717, 1.165) is 0 Å². The van der Waals surface area contributed by atoms with Crippen molar-refractivity contribution in [3.63, 3.8) is 0 Å². The molecule has 0 aliphatic heterocycles. The van der Waals surface area contributed by atoms with Gasteiger partial charge in [0.15, 0.2) is 0 Å². The number of hydrogen-bond acceptors (Lipinski definition) is 2. The van der Waals surface area contributed by atoms with E-state index in [1.165, 1.54) is 0 Å². The molecule has 0 spiro atoms. The minimum absolute atomic E-state index is 0.242. The van der Waals surface area contributed by atoms with E-state index in [-0.39, 0.29) is 13.0 Å². The fourth-order valence-electron chi connectivity index (χ4n) is 1.19. The van der Waals surface area contributed by atoms with Crippen molar-refractivity contribution in [3.05, 3.63) is 0 Å². The molecule has 0 aliphatic rings. The van der Waals surface area contributed by atoms with Gasteiger partial charge in [0.2, 0.25) is 11.8 Å². The van der Waals surface area contributed by atoms with Crippen molar-refractivity contribution in [2.45, 2.75) is 25.7 Å². The van der Waals surface area contributed by atoms with Crippen LogP contribution in [0.3, 0.4) is 0 Å². The van der Waals surface area contributed by atoms with E-state index in [1.807, 2.05) is 0 Å². The second-order valence-electron chi connectivity index (χ2n) is 3.51. The van der Waals surface area contributed by atoms with E-state index in [2.05, 4.69) is 5.32 Å². The van der Waals surface area contributed by atoms with Crippen molar-refractivity contribution < 1.29 is 31.1 Å². The lowest BCUT2D eigenvalue weighted by molar-refractivity contribution is -0.274. The molecule has 0 heterocycles. The topological polar surface area (TPSA) is 41.1 Å². The van der Waals surface area contributed by atoms with E-state index in [4.69, 9.17) is 0 Å². The minimum atomic E-state index is -5.63. The summed E-state index contributed by atoms with van der Waals surface area (Å²) in [6, 6.07) is 0. The maximum atomic E-state index is 12.1. The molecule has 1 amide bonds. The Morgan fingerprint density at radius 3 is 1.94 bits per heavy atom. The first-order chi connectivity index (χ1) is 8.10. The van der Waals surface area contributed by atoms with E-state index < -0.39 is 24.2 Å². The highest BCUT2D eigenvalue weighted by Gasteiger charge is 2.60. The Morgan fingerprint density at radius 1 is 1.06 bits per heavy atom. The molecular weight excluding hydrogens is 266 g/mol. The molecule has 0 rings (SSSR count). The fraction of sp³-hybridized carbons (Fsp3) is 0.889. The van der Waals surface area contributed by atoms with Gasteiger partial charge in [-0.25, -0.2) is 0 Å². The van der Waals surface area contributed by atoms with E-state index in [0.29, 0.717) is 13.1 Å². The van der Waals surface area contributed by atoms with Crippen molar-refractivity contribution in [1.29, 1.82) is 0 Å². The molecule has 0 saturated carbocycles. The number of rotatable bonds is 6. The molecule has 0 atom stereocenters. The summed E-state index contributed by atoms with van der Waals surface area (Å²) in [5.74, 6) is -6.03. The normalized spacial score (nSPS) is 12.9. The van der Waals surface area contributed by atoms with Gasteiger partial charge in [-0.1, -0.05) is 6.92 Å². The van der Waals surface area contributed by atoms with Crippen LogP contribution in [0, 0.1) is 5.92 Å². The van der Waals surface area contributed by atoms with Gasteiger partial charge in [-0.05, 0) is 19.5 Å². The average Bonchev–Trinajstić information content (AvgIpc) is 2.12. The van der Waals surface area contributed by atoms with Gasteiger partial charge in [0.25, 0.3) is 0 Å². The van der Waals surface area contributed by atoms with Crippen LogP contribution in [-0.4, -0.2) is 37.9 Å². The van der Waals surface area contributed by atoms with Crippen molar-refractivity contribution in [2.75, 3.05) is 19.6 Å². The Bertz CT molecular complexity index is 249. The van der Waals surface area contributed by atoms with Crippen molar-refractivity contribution in [2.24, 2.45) is 5.92 Å². The zero-order valence-electron chi connectivity index (χ0n) is 9.58. The lowest BCUT2D eigenvalue weighted by Crippen LogP contribution is -2.48. The molecule has 0 bridgehead atoms. The maximum Gasteiger partial charge on any atom is 0.409 e. The van der Waals surface area contributed by atoms with Crippen molar-refractivity contribution >= 4 is 5.91 Å². The largest absolute Gasteiger partial charge is 0.409 e. The van der Waals surface area contributed by atoms with Crippen LogP contribution in [-0.2, 0) is 4.79 Å². The molecule has 0 saturated heterocycles. The van der Waals surface area contributed by atoms with Gasteiger partial charge >= 0.3 is 12.4 Å². The fourth-order valence-corrected chi connectivity index (χ4v) is 1.19. The third-order valence-corrected chi connectivity index (χ3v) is 2.00. The third-order valence-electron chi connectivity index (χ3n) is 2.00. The molecule has 9 heteroatoms. The summed E-state index contributed by atoms with van der Waals surface area (Å²) in [5.41, 5.74) is 0. The Labute approximate surface area is 99.9 Å². The maximum absolute atomic E-state index is 12.1. The Balaban J connectivity index is 4.34. The summed E-state index contributed by atoms with van der Waals surface area (Å²) in [4.78, 5) is 10.9. The molecular formula is C9H14F6N2O. The van der Waals surface area contributed by atoms with Gasteiger partial charge < -0.3 is 10.6 Å². The van der Waals surface area contributed by atoms with E-state index in [9.17, 15) is 31.1 Å². The third kappa shape index (κ3) is 6.08. The Kier molecular flexibility index (Phi) is 6.44. The molecule has 0 radical (unpaired) electrons. The highest BCUT2D eigenvalue weighted by Crippen LogP contribution is 2.39. The average molecular weight is 280 g/mol. The van der Waals surface area contributed by atoms with Crippen molar-refractivity contribution in [3.8, 4) is 0 Å². The van der Waals surface area contributed by atoms with Crippen LogP contribution >= 0.6 is 0 Å². The second-order valence-corrected chi connectivity index (χ2v) is 3.51. The quantitative estimate of drug-likeness (QED) is 0.576. The van der Waals surface area contributed by atoms with Crippen LogP contribution in [0.2, 0.25) is 0 Å². The summed E-state index contributed by atoms with van der Waals surface area (Å²) >= 11 is 0. The van der Waals surface area contributed by atoms with Crippen LogP contribution in [0.15, 0.2) is 0 Å². The van der Waals surface area contributed by atoms with Crippen LogP contribution < -0.4 is 10.6 Å². The molecule has 0 aromatic carbocycles. The monoisotopic (exact) mass is 280 g/mol. The van der Waals surface area contributed by atoms with Crippen LogP contribution in [0.4, 0.5) is 26.3 Å². The van der Waals surface area contributed by atoms with Crippen LogP contribution in [0.25, 0.3) is 0 Å². The molecule has 2 N–H and O–H groups in total. The number of carbonyl (C=O) groups is 1. The van der Waals surface area contributed by atoms with Gasteiger partial charge in [-0.3, -0.25) is 4.79 Å². The SMILES string of the molecule is CCNCCCNC(=O)C(C(F)(F)F)C(F)(F)F. The first-order valence-electron chi connectivity index (χ1n) is 5.22. The summed E-state index contributed by atoms with van der Waals surface area (Å²) < 4.78 is 72.6. The molecule has 0 aromatic heterocycles. The Hall–Kier alpha value is -0.990. The summed E-state index contributed by atoms with van der Waals surface area (Å²) in [6.07, 6.45) is -11.0. The molecule has 18 heavy (non-hydrogen) atoms.